The molecule has 1 fully saturated rings. The van der Waals surface area contributed by atoms with Gasteiger partial charge in [0.05, 0.1) is 11.4 Å². The van der Waals surface area contributed by atoms with Gasteiger partial charge in [-0.3, -0.25) is 4.90 Å². The summed E-state index contributed by atoms with van der Waals surface area (Å²) in [7, 11) is 0. The molecule has 1 unspecified atom stereocenters. The normalized spacial score (nSPS) is 23.7. The molecule has 1 saturated heterocycles. The number of imidazole rings is 1. The molecule has 6 heteroatoms. The maximum atomic E-state index is 5.92. The van der Waals surface area contributed by atoms with Crippen LogP contribution in [0.15, 0.2) is 0 Å². The molecule has 2 aromatic rings. The topological polar surface area (TPSA) is 59.5 Å². The molecule has 0 aliphatic carbocycles. The zero-order valence-corrected chi connectivity index (χ0v) is 14.2. The van der Waals surface area contributed by atoms with Gasteiger partial charge in [0.1, 0.15) is 5.01 Å². The van der Waals surface area contributed by atoms with Crippen LogP contribution in [0.2, 0.25) is 0 Å². The van der Waals surface area contributed by atoms with Crippen molar-refractivity contribution in [1.29, 1.82) is 0 Å². The van der Waals surface area contributed by atoms with Gasteiger partial charge in [-0.15, -0.1) is 0 Å². The number of nitrogens with two attached hydrogens (primary N) is 1. The van der Waals surface area contributed by atoms with Gasteiger partial charge in [0, 0.05) is 13.1 Å². The second-order valence-corrected chi connectivity index (χ2v) is 8.05. The largest absolute Gasteiger partial charge is 0.330 e. The van der Waals surface area contributed by atoms with Crippen molar-refractivity contribution >= 4 is 16.3 Å². The third kappa shape index (κ3) is 2.72. The van der Waals surface area contributed by atoms with Crippen LogP contribution >= 0.6 is 11.3 Å². The van der Waals surface area contributed by atoms with E-state index in [1.54, 1.807) is 11.3 Å². The Morgan fingerprint density at radius 1 is 1.43 bits per heavy atom. The van der Waals surface area contributed by atoms with E-state index in [-0.39, 0.29) is 5.41 Å². The minimum absolute atomic E-state index is 0.264. The summed E-state index contributed by atoms with van der Waals surface area (Å²) in [6.07, 6.45) is 1.18. The molecule has 0 bridgehead atoms. The van der Waals surface area contributed by atoms with Crippen LogP contribution in [0.4, 0.5) is 0 Å². The number of aromatic nitrogens is 3. The average molecular weight is 307 g/mol. The van der Waals surface area contributed by atoms with E-state index in [1.165, 1.54) is 17.8 Å². The molecule has 116 valence electrons. The van der Waals surface area contributed by atoms with Crippen LogP contribution in [0.1, 0.15) is 49.5 Å². The third-order valence-corrected chi connectivity index (χ3v) is 5.30. The van der Waals surface area contributed by atoms with Gasteiger partial charge in [-0.2, -0.15) is 5.10 Å². The van der Waals surface area contributed by atoms with Gasteiger partial charge in [0.15, 0.2) is 0 Å². The number of nitrogens with zero attached hydrogens (tertiary/aromatic N) is 4. The van der Waals surface area contributed by atoms with Gasteiger partial charge >= 0.3 is 0 Å². The highest BCUT2D eigenvalue weighted by Gasteiger charge is 2.33. The smallest absolute Gasteiger partial charge is 0.212 e. The quantitative estimate of drug-likeness (QED) is 0.942. The Balaban J connectivity index is 1.90. The van der Waals surface area contributed by atoms with Crippen LogP contribution in [0.25, 0.3) is 4.96 Å². The molecule has 3 heterocycles. The van der Waals surface area contributed by atoms with Gasteiger partial charge in [-0.05, 0) is 37.8 Å². The second kappa shape index (κ2) is 5.34. The van der Waals surface area contributed by atoms with E-state index in [0.29, 0.717) is 5.92 Å². The van der Waals surface area contributed by atoms with Crippen LogP contribution in [0.3, 0.4) is 0 Å². The molecule has 1 aliphatic rings. The first-order valence-electron chi connectivity index (χ1n) is 7.69. The monoisotopic (exact) mass is 307 g/mol. The Kier molecular flexibility index (Phi) is 3.80. The van der Waals surface area contributed by atoms with Crippen molar-refractivity contribution < 1.29 is 0 Å². The fourth-order valence-corrected chi connectivity index (χ4v) is 3.92. The maximum Gasteiger partial charge on any atom is 0.212 e. The van der Waals surface area contributed by atoms with E-state index in [9.17, 15) is 0 Å². The molecular formula is C15H25N5S. The van der Waals surface area contributed by atoms with Crippen LogP contribution < -0.4 is 5.73 Å². The van der Waals surface area contributed by atoms with Crippen molar-refractivity contribution in [2.24, 2.45) is 11.1 Å². The fourth-order valence-electron chi connectivity index (χ4n) is 3.15. The third-order valence-electron chi connectivity index (χ3n) is 4.48. The van der Waals surface area contributed by atoms with Gasteiger partial charge in [-0.1, -0.05) is 32.1 Å². The summed E-state index contributed by atoms with van der Waals surface area (Å²) in [6.45, 7) is 12.6. The van der Waals surface area contributed by atoms with Crippen molar-refractivity contribution in [2.75, 3.05) is 19.6 Å². The summed E-state index contributed by atoms with van der Waals surface area (Å²) in [5, 5.41) is 5.71. The lowest BCUT2D eigenvalue weighted by Crippen LogP contribution is -2.31. The summed E-state index contributed by atoms with van der Waals surface area (Å²) in [4.78, 5) is 8.32. The number of likely N-dealkylation sites (tertiary alicyclic amines) is 1. The lowest BCUT2D eigenvalue weighted by Gasteiger charge is -2.22. The molecule has 0 aromatic carbocycles. The molecule has 3 rings (SSSR count). The van der Waals surface area contributed by atoms with Gasteiger partial charge in [0.25, 0.3) is 0 Å². The van der Waals surface area contributed by atoms with Crippen LogP contribution in [-0.2, 0) is 6.54 Å². The predicted octanol–water partition coefficient (Wildman–Crippen LogP) is 2.39. The Morgan fingerprint density at radius 3 is 2.81 bits per heavy atom. The summed E-state index contributed by atoms with van der Waals surface area (Å²) in [6, 6.07) is 0. The Bertz CT molecular complexity index is 644. The summed E-state index contributed by atoms with van der Waals surface area (Å²) in [5.41, 5.74) is 8.63. The lowest BCUT2D eigenvalue weighted by molar-refractivity contribution is 0.270. The molecule has 0 saturated carbocycles. The van der Waals surface area contributed by atoms with Crippen LogP contribution in [-0.4, -0.2) is 39.1 Å². The first-order chi connectivity index (χ1) is 9.92. The fraction of sp³-hybridized carbons (Fsp3) is 0.733. The molecule has 21 heavy (non-hydrogen) atoms. The molecule has 0 amide bonds. The standard InChI is InChI=1S/C15H25N5S/c1-10(2)13-12(20-14(17-13)21-11(3)18-20)7-19-6-5-15(4,8-16)9-19/h10H,5-9,16H2,1-4H3. The molecule has 2 aromatic heterocycles. The molecule has 1 atom stereocenters. The van der Waals surface area contributed by atoms with Crippen molar-refractivity contribution in [3.8, 4) is 0 Å². The van der Waals surface area contributed by atoms with Crippen molar-refractivity contribution in [3.05, 3.63) is 16.4 Å². The van der Waals surface area contributed by atoms with Gasteiger partial charge in [-0.25, -0.2) is 9.50 Å². The number of hydrogen-bond acceptors (Lipinski definition) is 5. The zero-order valence-electron chi connectivity index (χ0n) is 13.4. The molecular weight excluding hydrogens is 282 g/mol. The molecule has 5 nitrogen and oxygen atoms in total. The first-order valence-corrected chi connectivity index (χ1v) is 8.51. The Morgan fingerprint density at radius 2 is 2.19 bits per heavy atom. The summed E-state index contributed by atoms with van der Waals surface area (Å²) >= 11 is 1.67. The number of aryl methyl sites for hydroxylation is 1. The minimum atomic E-state index is 0.264. The van der Waals surface area contributed by atoms with E-state index in [0.717, 1.165) is 36.1 Å². The van der Waals surface area contributed by atoms with E-state index >= 15 is 0 Å². The second-order valence-electron chi connectivity index (χ2n) is 6.89. The SMILES string of the molecule is Cc1nn2c(CN3CCC(C)(CN)C3)c(C(C)C)nc2s1. The van der Waals surface area contributed by atoms with Gasteiger partial charge < -0.3 is 5.73 Å². The van der Waals surface area contributed by atoms with Crippen molar-refractivity contribution in [2.45, 2.75) is 46.6 Å². The minimum Gasteiger partial charge on any atom is -0.330 e. The molecule has 2 N–H and O–H groups in total. The summed E-state index contributed by atoms with van der Waals surface area (Å²) < 4.78 is 2.05. The average Bonchev–Trinajstić information content (AvgIpc) is 3.05. The molecule has 1 aliphatic heterocycles. The Hall–Kier alpha value is -0.980. The van der Waals surface area contributed by atoms with Gasteiger partial charge in [0.2, 0.25) is 4.96 Å². The lowest BCUT2D eigenvalue weighted by atomic mass is 9.90. The van der Waals surface area contributed by atoms with E-state index in [2.05, 4.69) is 30.8 Å². The molecule has 0 spiro atoms. The van der Waals surface area contributed by atoms with E-state index in [4.69, 9.17) is 10.7 Å². The summed E-state index contributed by atoms with van der Waals surface area (Å²) in [5.74, 6) is 0.428. The predicted molar refractivity (Wildman–Crippen MR) is 86.7 cm³/mol. The van der Waals surface area contributed by atoms with Crippen molar-refractivity contribution in [1.82, 2.24) is 19.5 Å². The highest BCUT2D eigenvalue weighted by Crippen LogP contribution is 2.31. The first kappa shape index (κ1) is 14.9. The highest BCUT2D eigenvalue weighted by molar-refractivity contribution is 7.16. The Labute approximate surface area is 130 Å². The van der Waals surface area contributed by atoms with Crippen LogP contribution in [0, 0.1) is 12.3 Å². The van der Waals surface area contributed by atoms with E-state index < -0.39 is 0 Å². The maximum absolute atomic E-state index is 5.92. The zero-order chi connectivity index (χ0) is 15.2. The molecule has 0 radical (unpaired) electrons. The highest BCUT2D eigenvalue weighted by atomic mass is 32.1. The number of rotatable bonds is 4. The number of hydrogen-bond donors (Lipinski definition) is 1. The van der Waals surface area contributed by atoms with Crippen molar-refractivity contribution in [3.63, 3.8) is 0 Å². The number of fused-ring (bicyclic) bond motifs is 1. The van der Waals surface area contributed by atoms with E-state index in [1.807, 2.05) is 11.4 Å². The van der Waals surface area contributed by atoms with Crippen LogP contribution in [0.5, 0.6) is 0 Å².